The number of hydrogen-bond acceptors (Lipinski definition) is 7. The van der Waals surface area contributed by atoms with Crippen LogP contribution in [0.25, 0.3) is 0 Å². The van der Waals surface area contributed by atoms with Crippen LogP contribution in [-0.2, 0) is 27.9 Å². The lowest BCUT2D eigenvalue weighted by atomic mass is 9.47. The summed E-state index contributed by atoms with van der Waals surface area (Å²) in [5.74, 6) is 3.70. The largest absolute Gasteiger partial charge is 0.474 e. The number of esters is 1. The van der Waals surface area contributed by atoms with E-state index in [9.17, 15) is 24.2 Å². The van der Waals surface area contributed by atoms with Gasteiger partial charge in [0.05, 0.1) is 33.7 Å². The van der Waals surface area contributed by atoms with Crippen LogP contribution in [0.15, 0.2) is 23.8 Å². The number of unbranched alkanes of at least 4 members (excludes halogenated alkanes) is 11. The second-order valence-corrected chi connectivity index (χ2v) is 24.6. The highest BCUT2D eigenvalue weighted by Crippen LogP contribution is 2.67. The van der Waals surface area contributed by atoms with E-state index in [1.165, 1.54) is 108 Å². The molecular weight excluding hydrogens is 836 g/mol. The molecule has 0 saturated heterocycles. The summed E-state index contributed by atoms with van der Waals surface area (Å²) in [5, 5.41) is 13.5. The molecule has 0 aromatic heterocycles. The first kappa shape index (κ1) is 56.0. The Labute approximate surface area is 397 Å². The van der Waals surface area contributed by atoms with Crippen LogP contribution in [-0.4, -0.2) is 79.1 Å². The fourth-order valence-electron chi connectivity index (χ4n) is 12.7. The van der Waals surface area contributed by atoms with Crippen LogP contribution in [0.4, 0.5) is 0 Å². The highest BCUT2D eigenvalue weighted by Gasteiger charge is 2.59. The van der Waals surface area contributed by atoms with Gasteiger partial charge in [-0.1, -0.05) is 149 Å². The molecule has 65 heavy (non-hydrogen) atoms. The first-order valence-electron chi connectivity index (χ1n) is 26.8. The van der Waals surface area contributed by atoms with Gasteiger partial charge in [0.1, 0.15) is 25.5 Å². The number of rotatable bonds is 31. The molecule has 0 heterocycles. The van der Waals surface area contributed by atoms with Gasteiger partial charge in [0.15, 0.2) is 0 Å². The first-order chi connectivity index (χ1) is 30.8. The number of phosphoric acid groups is 1. The Hall–Kier alpha value is -1.55. The van der Waals surface area contributed by atoms with Gasteiger partial charge in [0, 0.05) is 19.3 Å². The fourth-order valence-corrected chi connectivity index (χ4v) is 13.5. The SMILES string of the molecule is CCCCCCCCCCCCCC=CC(O)CC(NC(=O)CCC(=O)OC1CC[C@@]2(C)C(=CCC3C2CC[C@@]2(C)C3CC[C@@H]2[C@H](C)CCCC(C)C)C1)OP(=O)(O)OCC[N+](C)(C)C. The molecule has 10 nitrogen and oxygen atoms in total. The number of quaternary nitrogens is 1. The molecule has 7 unspecified atom stereocenters. The highest BCUT2D eigenvalue weighted by atomic mass is 31.2. The maximum atomic E-state index is 13.2. The van der Waals surface area contributed by atoms with Crippen molar-refractivity contribution in [1.82, 2.24) is 5.32 Å². The Morgan fingerprint density at radius 2 is 1.57 bits per heavy atom. The zero-order chi connectivity index (χ0) is 47.7. The summed E-state index contributed by atoms with van der Waals surface area (Å²) in [6, 6.07) is 0. The smallest absolute Gasteiger partial charge is 0.462 e. The predicted molar refractivity (Wildman–Crippen MR) is 265 cm³/mol. The molecule has 4 aliphatic carbocycles. The normalized spacial score (nSPS) is 29.0. The number of hydrogen-bond donors (Lipinski definition) is 3. The molecule has 3 N–H and O–H groups in total. The molecule has 11 atom stereocenters. The summed E-state index contributed by atoms with van der Waals surface area (Å²) < 4.78 is 30.2. The topological polar surface area (TPSA) is 131 Å². The maximum Gasteiger partial charge on any atom is 0.474 e. The van der Waals surface area contributed by atoms with Gasteiger partial charge in [-0.05, 0) is 104 Å². The molecule has 4 rings (SSSR count). The number of amides is 1. The summed E-state index contributed by atoms with van der Waals surface area (Å²) >= 11 is 0. The van der Waals surface area contributed by atoms with E-state index < -0.39 is 32.0 Å². The standard InChI is InChI=1S/C54H97N2O8P/c1-10-11-12-13-14-15-16-17-18-19-20-21-22-26-44(57)40-51(64-65(60,61)62-38-37-56(7,8)9)55-50(58)31-32-52(59)63-45-33-35-53(5)43(39-45)27-28-46-48-30-29-47(42(4)25-23-24-41(2)3)54(48,6)36-34-49(46)53/h22,26-27,41-42,44-49,51,57H,10-21,23-25,28-40H2,1-9H3,(H-,55,58,60,61)/p+1/t42-,44?,45?,46?,47-,48?,49?,51?,53+,54-/m1/s1. The minimum Gasteiger partial charge on any atom is -0.462 e. The second kappa shape index (κ2) is 27.0. The van der Waals surface area contributed by atoms with Gasteiger partial charge in [-0.3, -0.25) is 18.6 Å². The quantitative estimate of drug-likeness (QED) is 0.0156. The number of likely N-dealkylation sites (N-methyl/N-ethyl adjacent to an activating group) is 1. The van der Waals surface area contributed by atoms with Gasteiger partial charge >= 0.3 is 13.8 Å². The third-order valence-electron chi connectivity index (χ3n) is 16.5. The van der Waals surface area contributed by atoms with Crippen molar-refractivity contribution in [2.45, 2.75) is 227 Å². The molecule has 11 heteroatoms. The number of ether oxygens (including phenoxy) is 1. The number of allylic oxidation sites excluding steroid dienone is 2. The van der Waals surface area contributed by atoms with Crippen LogP contribution in [0.5, 0.6) is 0 Å². The van der Waals surface area contributed by atoms with E-state index in [0.29, 0.717) is 22.4 Å². The van der Waals surface area contributed by atoms with Crippen molar-refractivity contribution in [2.75, 3.05) is 34.3 Å². The molecule has 3 fully saturated rings. The van der Waals surface area contributed by atoms with E-state index >= 15 is 0 Å². The lowest BCUT2D eigenvalue weighted by Crippen LogP contribution is -2.51. The second-order valence-electron chi connectivity index (χ2n) is 23.2. The van der Waals surface area contributed by atoms with E-state index in [2.05, 4.69) is 52.9 Å². The van der Waals surface area contributed by atoms with Crippen molar-refractivity contribution in [1.29, 1.82) is 0 Å². The summed E-state index contributed by atoms with van der Waals surface area (Å²) in [6.45, 7) is 15.1. The third-order valence-corrected chi connectivity index (χ3v) is 17.5. The van der Waals surface area contributed by atoms with Crippen molar-refractivity contribution in [3.8, 4) is 0 Å². The van der Waals surface area contributed by atoms with Gasteiger partial charge in [-0.15, -0.1) is 0 Å². The van der Waals surface area contributed by atoms with Crippen molar-refractivity contribution < 1.29 is 42.4 Å². The van der Waals surface area contributed by atoms with Gasteiger partial charge in [0.2, 0.25) is 5.91 Å². The minimum atomic E-state index is -4.58. The Morgan fingerprint density at radius 3 is 2.23 bits per heavy atom. The van der Waals surface area contributed by atoms with Crippen LogP contribution in [0.3, 0.4) is 0 Å². The van der Waals surface area contributed by atoms with Gasteiger partial charge < -0.3 is 24.5 Å². The average molecular weight is 934 g/mol. The fraction of sp³-hybridized carbons (Fsp3) is 0.889. The van der Waals surface area contributed by atoms with E-state index in [0.717, 1.165) is 74.5 Å². The average Bonchev–Trinajstić information content (AvgIpc) is 3.58. The summed E-state index contributed by atoms with van der Waals surface area (Å²) in [4.78, 5) is 37.0. The van der Waals surface area contributed by atoms with Crippen LogP contribution < -0.4 is 5.32 Å². The molecule has 0 aromatic carbocycles. The van der Waals surface area contributed by atoms with Crippen molar-refractivity contribution >= 4 is 19.7 Å². The molecular formula is C54H98N2O8P+. The maximum absolute atomic E-state index is 13.2. The third kappa shape index (κ3) is 18.4. The molecule has 0 spiro atoms. The van der Waals surface area contributed by atoms with E-state index in [-0.39, 0.29) is 37.4 Å². The lowest BCUT2D eigenvalue weighted by Gasteiger charge is -2.58. The molecule has 4 aliphatic rings. The molecule has 0 bridgehead atoms. The van der Waals surface area contributed by atoms with Gasteiger partial charge in [-0.2, -0.15) is 0 Å². The van der Waals surface area contributed by atoms with E-state index in [1.807, 2.05) is 27.2 Å². The Morgan fingerprint density at radius 1 is 0.892 bits per heavy atom. The lowest BCUT2D eigenvalue weighted by molar-refractivity contribution is -0.870. The summed E-state index contributed by atoms with van der Waals surface area (Å²) in [7, 11) is 1.25. The van der Waals surface area contributed by atoms with Gasteiger partial charge in [0.25, 0.3) is 0 Å². The number of aliphatic hydroxyl groups excluding tert-OH is 1. The Balaban J connectivity index is 1.23. The van der Waals surface area contributed by atoms with Crippen LogP contribution in [0.2, 0.25) is 0 Å². The van der Waals surface area contributed by atoms with Crippen LogP contribution in [0, 0.1) is 46.3 Å². The predicted octanol–water partition coefficient (Wildman–Crippen LogP) is 13.0. The van der Waals surface area contributed by atoms with Crippen molar-refractivity contribution in [3.05, 3.63) is 23.8 Å². The number of fused-ring (bicyclic) bond motifs is 5. The summed E-state index contributed by atoms with van der Waals surface area (Å²) in [6.07, 6.45) is 31.0. The monoisotopic (exact) mass is 934 g/mol. The number of carbonyl (C=O) groups excluding carboxylic acids is 2. The van der Waals surface area contributed by atoms with Crippen LogP contribution in [0.1, 0.15) is 208 Å². The molecule has 0 aliphatic heterocycles. The van der Waals surface area contributed by atoms with Crippen molar-refractivity contribution in [2.24, 2.45) is 46.3 Å². The summed E-state index contributed by atoms with van der Waals surface area (Å²) in [5.41, 5.74) is 2.06. The van der Waals surface area contributed by atoms with E-state index in [4.69, 9.17) is 13.8 Å². The number of aliphatic hydroxyl groups is 1. The van der Waals surface area contributed by atoms with Crippen LogP contribution >= 0.6 is 7.82 Å². The molecule has 3 saturated carbocycles. The minimum absolute atomic E-state index is 0.0256. The molecule has 0 aromatic rings. The number of carbonyl (C=O) groups is 2. The zero-order valence-corrected chi connectivity index (χ0v) is 43.9. The molecule has 0 radical (unpaired) electrons. The highest BCUT2D eigenvalue weighted by molar-refractivity contribution is 7.47. The molecule has 376 valence electrons. The number of nitrogens with zero attached hydrogens (tertiary/aromatic N) is 1. The number of nitrogens with one attached hydrogen (secondary N) is 1. The van der Waals surface area contributed by atoms with Gasteiger partial charge in [-0.25, -0.2) is 4.57 Å². The van der Waals surface area contributed by atoms with E-state index in [1.54, 1.807) is 6.08 Å². The number of phosphoric ester groups is 1. The first-order valence-corrected chi connectivity index (χ1v) is 28.2. The Kier molecular flexibility index (Phi) is 23.3. The Bertz CT molecular complexity index is 1540. The molecule has 1 amide bonds. The van der Waals surface area contributed by atoms with Crippen molar-refractivity contribution in [3.63, 3.8) is 0 Å². The zero-order valence-electron chi connectivity index (χ0n) is 43.0.